The summed E-state index contributed by atoms with van der Waals surface area (Å²) < 4.78 is 0.314. The molecule has 0 aliphatic carbocycles. The molecule has 0 radical (unpaired) electrons. The van der Waals surface area contributed by atoms with Crippen molar-refractivity contribution in [2.75, 3.05) is 0 Å². The van der Waals surface area contributed by atoms with Crippen molar-refractivity contribution in [2.45, 2.75) is 36.0 Å². The quantitative estimate of drug-likeness (QED) is 0.505. The molecule has 1 fully saturated rings. The number of amides is 2. The lowest BCUT2D eigenvalue weighted by molar-refractivity contribution is -0.133. The lowest BCUT2D eigenvalue weighted by Crippen LogP contribution is -2.41. The van der Waals surface area contributed by atoms with Gasteiger partial charge >= 0.3 is 0 Å². The van der Waals surface area contributed by atoms with Crippen molar-refractivity contribution in [3.63, 3.8) is 0 Å². The molecule has 1 heterocycles. The summed E-state index contributed by atoms with van der Waals surface area (Å²) in [5, 5.41) is 2.52. The van der Waals surface area contributed by atoms with E-state index in [1.54, 1.807) is 0 Å². The number of nitrogens with one attached hydrogen (secondary N) is 1. The van der Waals surface area contributed by atoms with Gasteiger partial charge in [-0.25, -0.2) is 0 Å². The fourth-order valence-corrected chi connectivity index (χ4v) is 3.52. The first-order valence-electron chi connectivity index (χ1n) is 6.68. The van der Waals surface area contributed by atoms with Crippen LogP contribution in [0.2, 0.25) is 0 Å². The van der Waals surface area contributed by atoms with Gasteiger partial charge in [0.15, 0.2) is 0 Å². The van der Waals surface area contributed by atoms with Gasteiger partial charge in [-0.15, -0.1) is 0 Å². The Morgan fingerprint density at radius 1 is 1.21 bits per heavy atom. The van der Waals surface area contributed by atoms with Crippen LogP contribution >= 0.6 is 22.6 Å². The fourth-order valence-electron chi connectivity index (χ4n) is 2.39. The van der Waals surface area contributed by atoms with Crippen molar-refractivity contribution in [3.05, 3.63) is 35.9 Å². The second-order valence-electron chi connectivity index (χ2n) is 4.95. The topological polar surface area (TPSA) is 46.2 Å². The number of halogens is 1. The van der Waals surface area contributed by atoms with Crippen LogP contribution in [0.5, 0.6) is 0 Å². The monoisotopic (exact) mass is 371 g/mol. The summed E-state index contributed by atoms with van der Waals surface area (Å²) in [4.78, 5) is 23.5. The smallest absolute Gasteiger partial charge is 0.230 e. The van der Waals surface area contributed by atoms with Gasteiger partial charge in [-0.1, -0.05) is 52.9 Å². The molecule has 1 aromatic rings. The lowest BCUT2D eigenvalue weighted by atomic mass is 9.92. The second kappa shape index (κ2) is 7.03. The highest BCUT2D eigenvalue weighted by atomic mass is 127. The Morgan fingerprint density at radius 3 is 2.68 bits per heavy atom. The van der Waals surface area contributed by atoms with Crippen LogP contribution in [0.1, 0.15) is 31.2 Å². The molecule has 1 saturated heterocycles. The molecular weight excluding hydrogens is 353 g/mol. The van der Waals surface area contributed by atoms with Gasteiger partial charge in [0.2, 0.25) is 11.8 Å². The molecule has 1 aliphatic rings. The second-order valence-corrected chi connectivity index (χ2v) is 6.55. The third-order valence-corrected chi connectivity index (χ3v) is 5.00. The van der Waals surface area contributed by atoms with E-state index in [4.69, 9.17) is 0 Å². The molecule has 0 aromatic heterocycles. The molecule has 102 valence electrons. The van der Waals surface area contributed by atoms with Gasteiger partial charge in [-0.3, -0.25) is 14.9 Å². The molecule has 19 heavy (non-hydrogen) atoms. The SMILES string of the molecule is O=C1CCC[C@@H](I)[C@H](CCc2ccccc2)C(=O)N1. The molecule has 0 spiro atoms. The fraction of sp³-hybridized carbons (Fsp3) is 0.467. The molecular formula is C15H18INO2. The van der Waals surface area contributed by atoms with Gasteiger partial charge in [0.05, 0.1) is 5.92 Å². The van der Waals surface area contributed by atoms with Crippen molar-refractivity contribution in [1.29, 1.82) is 0 Å². The lowest BCUT2D eigenvalue weighted by Gasteiger charge is -2.24. The van der Waals surface area contributed by atoms with Crippen LogP contribution in [0.25, 0.3) is 0 Å². The third kappa shape index (κ3) is 4.30. The molecule has 0 unspecified atom stereocenters. The summed E-state index contributed by atoms with van der Waals surface area (Å²) in [6, 6.07) is 10.2. The molecule has 2 rings (SSSR count). The van der Waals surface area contributed by atoms with Crippen LogP contribution in [0.15, 0.2) is 30.3 Å². The van der Waals surface area contributed by atoms with Crippen molar-refractivity contribution < 1.29 is 9.59 Å². The molecule has 2 atom stereocenters. The van der Waals surface area contributed by atoms with Crippen LogP contribution in [-0.4, -0.2) is 15.7 Å². The minimum atomic E-state index is -0.127. The molecule has 4 heteroatoms. The van der Waals surface area contributed by atoms with Crippen LogP contribution in [0.4, 0.5) is 0 Å². The largest absolute Gasteiger partial charge is 0.296 e. The number of imide groups is 1. The van der Waals surface area contributed by atoms with Crippen molar-refractivity contribution in [2.24, 2.45) is 5.92 Å². The molecule has 2 amide bonds. The number of hydrogen-bond acceptors (Lipinski definition) is 2. The average molecular weight is 371 g/mol. The Balaban J connectivity index is 1.98. The van der Waals surface area contributed by atoms with Gasteiger partial charge in [-0.2, -0.15) is 0 Å². The van der Waals surface area contributed by atoms with Crippen LogP contribution in [0, 0.1) is 5.92 Å². The summed E-state index contributed by atoms with van der Waals surface area (Å²) in [6.07, 6.45) is 3.97. The highest BCUT2D eigenvalue weighted by Crippen LogP contribution is 2.26. The number of benzene rings is 1. The van der Waals surface area contributed by atoms with Gasteiger partial charge in [0.1, 0.15) is 0 Å². The molecule has 0 saturated carbocycles. The van der Waals surface area contributed by atoms with E-state index >= 15 is 0 Å². The first-order chi connectivity index (χ1) is 9.16. The van der Waals surface area contributed by atoms with Gasteiger partial charge in [-0.05, 0) is 31.2 Å². The number of aryl methyl sites for hydroxylation is 1. The summed E-state index contributed by atoms with van der Waals surface area (Å²) >= 11 is 2.35. The molecule has 0 bridgehead atoms. The molecule has 1 aromatic carbocycles. The summed E-state index contributed by atoms with van der Waals surface area (Å²) in [5.41, 5.74) is 1.24. The van der Waals surface area contributed by atoms with E-state index in [0.29, 0.717) is 10.3 Å². The maximum absolute atomic E-state index is 12.1. The number of rotatable bonds is 3. The third-order valence-electron chi connectivity index (χ3n) is 3.51. The number of carbonyl (C=O) groups is 2. The predicted octanol–water partition coefficient (Wildman–Crippen LogP) is 2.87. The van der Waals surface area contributed by atoms with Gasteiger partial charge in [0.25, 0.3) is 0 Å². The van der Waals surface area contributed by atoms with E-state index in [9.17, 15) is 9.59 Å². The minimum absolute atomic E-state index is 0.0648. The predicted molar refractivity (Wildman–Crippen MR) is 83.1 cm³/mol. The van der Waals surface area contributed by atoms with E-state index in [-0.39, 0.29) is 17.7 Å². The van der Waals surface area contributed by atoms with Crippen molar-refractivity contribution >= 4 is 34.4 Å². The number of hydrogen-bond donors (Lipinski definition) is 1. The van der Waals surface area contributed by atoms with E-state index in [1.165, 1.54) is 5.56 Å². The standard InChI is InChI=1S/C15H18INO2/c16-13-7-4-8-14(18)17-15(19)12(13)10-9-11-5-2-1-3-6-11/h1-3,5-6,12-13H,4,7-10H2,(H,17,18,19)/t12-,13+/m0/s1. The molecule has 3 nitrogen and oxygen atoms in total. The van der Waals surface area contributed by atoms with E-state index in [1.807, 2.05) is 18.2 Å². The molecule has 1 aliphatic heterocycles. The summed E-state index contributed by atoms with van der Waals surface area (Å²) in [5.74, 6) is -0.289. The Labute approximate surface area is 127 Å². The zero-order valence-electron chi connectivity index (χ0n) is 10.8. The van der Waals surface area contributed by atoms with Crippen LogP contribution < -0.4 is 5.32 Å². The first-order valence-corrected chi connectivity index (χ1v) is 7.93. The van der Waals surface area contributed by atoms with E-state index in [2.05, 4.69) is 40.0 Å². The Morgan fingerprint density at radius 2 is 1.95 bits per heavy atom. The maximum Gasteiger partial charge on any atom is 0.230 e. The van der Waals surface area contributed by atoms with Gasteiger partial charge < -0.3 is 0 Å². The molecule has 1 N–H and O–H groups in total. The van der Waals surface area contributed by atoms with Crippen molar-refractivity contribution in [1.82, 2.24) is 5.32 Å². The Bertz CT molecular complexity index is 447. The van der Waals surface area contributed by atoms with Crippen molar-refractivity contribution in [3.8, 4) is 0 Å². The first kappa shape index (κ1) is 14.5. The maximum atomic E-state index is 12.1. The Kier molecular flexibility index (Phi) is 5.36. The van der Waals surface area contributed by atoms with Crippen LogP contribution in [-0.2, 0) is 16.0 Å². The summed E-state index contributed by atoms with van der Waals surface area (Å²) in [6.45, 7) is 0. The number of alkyl halides is 1. The van der Waals surface area contributed by atoms with E-state index < -0.39 is 0 Å². The highest BCUT2D eigenvalue weighted by Gasteiger charge is 2.29. The highest BCUT2D eigenvalue weighted by molar-refractivity contribution is 14.1. The van der Waals surface area contributed by atoms with Crippen LogP contribution in [0.3, 0.4) is 0 Å². The van der Waals surface area contributed by atoms with Gasteiger partial charge in [0, 0.05) is 10.3 Å². The minimum Gasteiger partial charge on any atom is -0.296 e. The zero-order chi connectivity index (χ0) is 13.7. The number of carbonyl (C=O) groups excluding carboxylic acids is 2. The van der Waals surface area contributed by atoms with E-state index in [0.717, 1.165) is 25.7 Å². The average Bonchev–Trinajstić information content (AvgIpc) is 2.39. The normalized spacial score (nSPS) is 24.5. The zero-order valence-corrected chi connectivity index (χ0v) is 12.9. The summed E-state index contributed by atoms with van der Waals surface area (Å²) in [7, 11) is 0. The Hall–Kier alpha value is -0.910.